The first kappa shape index (κ1) is 14.4. The molecule has 1 aromatic heterocycles. The molecule has 2 aromatic carbocycles. The fourth-order valence-electron chi connectivity index (χ4n) is 2.85. The molecule has 0 radical (unpaired) electrons. The molecule has 1 aliphatic heterocycles. The number of ether oxygens (including phenoxy) is 1. The summed E-state index contributed by atoms with van der Waals surface area (Å²) in [7, 11) is 0. The first-order chi connectivity index (χ1) is 11.6. The highest BCUT2D eigenvalue weighted by Gasteiger charge is 2.26. The van der Waals surface area contributed by atoms with Gasteiger partial charge in [-0.05, 0) is 36.8 Å². The maximum atomic E-state index is 12.3. The molecule has 6 heteroatoms. The van der Waals surface area contributed by atoms with Crippen molar-refractivity contribution in [2.45, 2.75) is 13.5 Å². The number of rotatable bonds is 2. The average Bonchev–Trinajstić information content (AvgIpc) is 2.58. The first-order valence-electron chi connectivity index (χ1n) is 7.63. The van der Waals surface area contributed by atoms with Crippen LogP contribution in [0.15, 0.2) is 47.3 Å². The van der Waals surface area contributed by atoms with Crippen molar-refractivity contribution in [3.8, 4) is 5.75 Å². The molecule has 0 atom stereocenters. The lowest BCUT2D eigenvalue weighted by Gasteiger charge is -2.29. The van der Waals surface area contributed by atoms with E-state index in [4.69, 9.17) is 4.74 Å². The Morgan fingerprint density at radius 3 is 2.92 bits per heavy atom. The maximum absolute atomic E-state index is 12.3. The SMILES string of the molecule is Cc1ccc2c(c1)N(Cc1nc3ccccc3c(=O)[nH]1)C(=O)CO2. The number of nitrogens with one attached hydrogen (secondary N) is 1. The van der Waals surface area contributed by atoms with Gasteiger partial charge in [0.2, 0.25) is 0 Å². The van der Waals surface area contributed by atoms with Crippen LogP contribution >= 0.6 is 0 Å². The number of benzene rings is 2. The third-order valence-electron chi connectivity index (χ3n) is 4.03. The number of aromatic nitrogens is 2. The third kappa shape index (κ3) is 2.42. The van der Waals surface area contributed by atoms with Crippen molar-refractivity contribution in [3.05, 3.63) is 64.2 Å². The number of hydrogen-bond donors (Lipinski definition) is 1. The van der Waals surface area contributed by atoms with Crippen molar-refractivity contribution in [3.63, 3.8) is 0 Å². The number of para-hydroxylation sites is 1. The van der Waals surface area contributed by atoms with E-state index in [-0.39, 0.29) is 24.6 Å². The van der Waals surface area contributed by atoms with Crippen LogP contribution in [0.3, 0.4) is 0 Å². The molecule has 1 amide bonds. The van der Waals surface area contributed by atoms with E-state index in [9.17, 15) is 9.59 Å². The molecule has 1 N–H and O–H groups in total. The van der Waals surface area contributed by atoms with Crippen LogP contribution in [-0.4, -0.2) is 22.5 Å². The van der Waals surface area contributed by atoms with Crippen LogP contribution in [0.4, 0.5) is 5.69 Å². The monoisotopic (exact) mass is 321 g/mol. The summed E-state index contributed by atoms with van der Waals surface area (Å²) in [6, 6.07) is 12.8. The maximum Gasteiger partial charge on any atom is 0.265 e. The Morgan fingerprint density at radius 1 is 1.21 bits per heavy atom. The van der Waals surface area contributed by atoms with Gasteiger partial charge >= 0.3 is 0 Å². The van der Waals surface area contributed by atoms with Gasteiger partial charge in [-0.2, -0.15) is 0 Å². The lowest BCUT2D eigenvalue weighted by atomic mass is 10.1. The number of H-pyrrole nitrogens is 1. The van der Waals surface area contributed by atoms with E-state index < -0.39 is 0 Å². The fraction of sp³-hybridized carbons (Fsp3) is 0.167. The summed E-state index contributed by atoms with van der Waals surface area (Å²) in [5, 5.41) is 0.533. The molecule has 0 saturated carbocycles. The predicted molar refractivity (Wildman–Crippen MR) is 90.2 cm³/mol. The minimum Gasteiger partial charge on any atom is -0.482 e. The Balaban J connectivity index is 1.77. The van der Waals surface area contributed by atoms with Crippen molar-refractivity contribution in [2.75, 3.05) is 11.5 Å². The quantitative estimate of drug-likeness (QED) is 0.785. The number of carbonyl (C=O) groups excluding carboxylic acids is 1. The van der Waals surface area contributed by atoms with Gasteiger partial charge in [-0.25, -0.2) is 4.98 Å². The molecule has 2 heterocycles. The lowest BCUT2D eigenvalue weighted by molar-refractivity contribution is -0.121. The van der Waals surface area contributed by atoms with Gasteiger partial charge < -0.3 is 9.72 Å². The van der Waals surface area contributed by atoms with Crippen molar-refractivity contribution >= 4 is 22.5 Å². The van der Waals surface area contributed by atoms with Crippen LogP contribution in [0.5, 0.6) is 5.75 Å². The zero-order chi connectivity index (χ0) is 16.7. The van der Waals surface area contributed by atoms with Gasteiger partial charge in [0.1, 0.15) is 11.6 Å². The minimum absolute atomic E-state index is 0.0200. The van der Waals surface area contributed by atoms with E-state index in [1.54, 1.807) is 23.1 Å². The summed E-state index contributed by atoms with van der Waals surface area (Å²) in [4.78, 5) is 33.3. The Labute approximate surface area is 137 Å². The second-order valence-electron chi connectivity index (χ2n) is 5.77. The topological polar surface area (TPSA) is 75.3 Å². The van der Waals surface area contributed by atoms with E-state index in [2.05, 4.69) is 9.97 Å². The predicted octanol–water partition coefficient (Wildman–Crippen LogP) is 2.16. The van der Waals surface area contributed by atoms with Gasteiger partial charge in [-0.15, -0.1) is 0 Å². The number of anilines is 1. The highest BCUT2D eigenvalue weighted by atomic mass is 16.5. The Kier molecular flexibility index (Phi) is 3.30. The molecule has 0 spiro atoms. The van der Waals surface area contributed by atoms with Crippen LogP contribution in [0.25, 0.3) is 10.9 Å². The van der Waals surface area contributed by atoms with Gasteiger partial charge in [-0.3, -0.25) is 14.5 Å². The third-order valence-corrected chi connectivity index (χ3v) is 4.03. The van der Waals surface area contributed by atoms with Crippen molar-refractivity contribution in [1.29, 1.82) is 0 Å². The molecule has 0 fully saturated rings. The van der Waals surface area contributed by atoms with Gasteiger partial charge in [0.25, 0.3) is 11.5 Å². The van der Waals surface area contributed by atoms with Crippen molar-refractivity contribution in [2.24, 2.45) is 0 Å². The highest BCUT2D eigenvalue weighted by Crippen LogP contribution is 2.33. The number of amides is 1. The number of aryl methyl sites for hydroxylation is 1. The summed E-state index contributed by atoms with van der Waals surface area (Å²) in [5.74, 6) is 0.939. The molecular formula is C18H15N3O3. The molecule has 0 aliphatic carbocycles. The van der Waals surface area contributed by atoms with Crippen LogP contribution in [0.2, 0.25) is 0 Å². The number of aromatic amines is 1. The van der Waals surface area contributed by atoms with Crippen LogP contribution < -0.4 is 15.2 Å². The zero-order valence-corrected chi connectivity index (χ0v) is 13.1. The standard InChI is InChI=1S/C18H15N3O3/c1-11-6-7-15-14(8-11)21(17(22)10-24-15)9-16-19-13-5-3-2-4-12(13)18(23)20-16/h2-8H,9-10H2,1H3,(H,19,20,23). The molecule has 1 aliphatic rings. The van der Waals surface area contributed by atoms with Crippen LogP contribution in [-0.2, 0) is 11.3 Å². The number of nitrogens with zero attached hydrogens (tertiary/aromatic N) is 2. The van der Waals surface area contributed by atoms with Crippen molar-refractivity contribution < 1.29 is 9.53 Å². The highest BCUT2D eigenvalue weighted by molar-refractivity contribution is 5.97. The Hall–Kier alpha value is -3.15. The van der Waals surface area contributed by atoms with E-state index in [0.717, 1.165) is 5.56 Å². The van der Waals surface area contributed by atoms with Gasteiger partial charge in [0.15, 0.2) is 6.61 Å². The van der Waals surface area contributed by atoms with Gasteiger partial charge in [0.05, 0.1) is 23.1 Å². The van der Waals surface area contributed by atoms with Gasteiger partial charge in [-0.1, -0.05) is 18.2 Å². The van der Waals surface area contributed by atoms with Crippen LogP contribution in [0, 0.1) is 6.92 Å². The summed E-state index contributed by atoms with van der Waals surface area (Å²) in [6.07, 6.45) is 0. The molecule has 24 heavy (non-hydrogen) atoms. The van der Waals surface area contributed by atoms with Gasteiger partial charge in [0, 0.05) is 0 Å². The summed E-state index contributed by atoms with van der Waals surface area (Å²) < 4.78 is 5.47. The minimum atomic E-state index is -0.208. The molecular weight excluding hydrogens is 306 g/mol. The molecule has 6 nitrogen and oxygen atoms in total. The molecule has 4 rings (SSSR count). The second kappa shape index (κ2) is 5.49. The molecule has 3 aromatic rings. The van der Waals surface area contributed by atoms with Crippen molar-refractivity contribution in [1.82, 2.24) is 9.97 Å². The lowest BCUT2D eigenvalue weighted by Crippen LogP contribution is -2.39. The zero-order valence-electron chi connectivity index (χ0n) is 13.1. The van der Waals surface area contributed by atoms with E-state index in [0.29, 0.717) is 28.2 Å². The molecule has 120 valence electrons. The summed E-state index contributed by atoms with van der Waals surface area (Å²) in [5.41, 5.74) is 2.13. The van der Waals surface area contributed by atoms with E-state index in [1.807, 2.05) is 31.2 Å². The Bertz CT molecular complexity index is 1010. The summed E-state index contributed by atoms with van der Waals surface area (Å²) >= 11 is 0. The molecule has 0 bridgehead atoms. The van der Waals surface area contributed by atoms with E-state index in [1.165, 1.54) is 0 Å². The first-order valence-corrected chi connectivity index (χ1v) is 7.63. The normalized spacial score (nSPS) is 13.7. The molecule has 0 unspecified atom stereocenters. The fourth-order valence-corrected chi connectivity index (χ4v) is 2.85. The molecule has 0 saturated heterocycles. The average molecular weight is 321 g/mol. The number of carbonyl (C=O) groups is 1. The largest absolute Gasteiger partial charge is 0.482 e. The second-order valence-corrected chi connectivity index (χ2v) is 5.77. The van der Waals surface area contributed by atoms with Crippen LogP contribution in [0.1, 0.15) is 11.4 Å². The Morgan fingerprint density at radius 2 is 2.04 bits per heavy atom. The number of hydrogen-bond acceptors (Lipinski definition) is 4. The summed E-state index contributed by atoms with van der Waals surface area (Å²) in [6.45, 7) is 2.13. The smallest absolute Gasteiger partial charge is 0.265 e. The van der Waals surface area contributed by atoms with E-state index >= 15 is 0 Å². The number of fused-ring (bicyclic) bond motifs is 2.